The first-order valence-electron chi connectivity index (χ1n) is 9.95. The zero-order valence-electron chi connectivity index (χ0n) is 16.0. The number of hydrogen-bond donors (Lipinski definition) is 0. The largest absolute Gasteiger partial charge is 0.256 e. The molecule has 2 aromatic rings. The molecule has 0 atom stereocenters. The lowest BCUT2D eigenvalue weighted by atomic mass is 10.0. The summed E-state index contributed by atoms with van der Waals surface area (Å²) in [6.45, 7) is 2.27. The van der Waals surface area contributed by atoms with Gasteiger partial charge in [0.25, 0.3) is 0 Å². The van der Waals surface area contributed by atoms with Crippen molar-refractivity contribution in [3.63, 3.8) is 0 Å². The second kappa shape index (κ2) is 12.0. The van der Waals surface area contributed by atoms with Crippen molar-refractivity contribution in [2.75, 3.05) is 0 Å². The van der Waals surface area contributed by atoms with Gasteiger partial charge in [-0.25, -0.2) is 0 Å². The number of aryl methyl sites for hydroxylation is 1. The molecule has 0 radical (unpaired) electrons. The van der Waals surface area contributed by atoms with Gasteiger partial charge in [-0.1, -0.05) is 76.1 Å². The molecule has 2 rings (SSSR count). The normalized spacial score (nSPS) is 10.9. The van der Waals surface area contributed by atoms with Crippen LogP contribution < -0.4 is 0 Å². The molecule has 0 aliphatic carbocycles. The molecule has 0 aliphatic rings. The first-order valence-corrected chi connectivity index (χ1v) is 9.95. The highest BCUT2D eigenvalue weighted by Crippen LogP contribution is 2.16. The first kappa shape index (κ1) is 19.9. The Labute approximate surface area is 158 Å². The van der Waals surface area contributed by atoms with Crippen LogP contribution in [0.1, 0.15) is 75.0 Å². The molecule has 2 nitrogen and oxygen atoms in total. The van der Waals surface area contributed by atoms with E-state index in [0.717, 1.165) is 17.7 Å². The average Bonchev–Trinajstić information content (AvgIpc) is 2.69. The van der Waals surface area contributed by atoms with Gasteiger partial charge in [0, 0.05) is 6.21 Å². The second-order valence-electron chi connectivity index (χ2n) is 6.88. The van der Waals surface area contributed by atoms with E-state index in [9.17, 15) is 0 Å². The van der Waals surface area contributed by atoms with Crippen molar-refractivity contribution in [1.29, 1.82) is 5.26 Å². The van der Waals surface area contributed by atoms with Crippen LogP contribution in [0.25, 0.3) is 0 Å². The van der Waals surface area contributed by atoms with Crippen molar-refractivity contribution < 1.29 is 0 Å². The SMILES string of the molecule is CCCCCCCCCCc1ccc(/N=C/c2ccc(C#N)cc2)cc1. The second-order valence-corrected chi connectivity index (χ2v) is 6.88. The van der Waals surface area contributed by atoms with E-state index in [-0.39, 0.29) is 0 Å². The van der Waals surface area contributed by atoms with E-state index in [1.807, 2.05) is 30.5 Å². The number of nitriles is 1. The molecule has 0 bridgehead atoms. The van der Waals surface area contributed by atoms with Gasteiger partial charge in [0.2, 0.25) is 0 Å². The van der Waals surface area contributed by atoms with Crippen molar-refractivity contribution in [2.24, 2.45) is 4.99 Å². The number of rotatable bonds is 11. The van der Waals surface area contributed by atoms with E-state index >= 15 is 0 Å². The van der Waals surface area contributed by atoms with Crippen LogP contribution in [0.3, 0.4) is 0 Å². The summed E-state index contributed by atoms with van der Waals surface area (Å²) in [4.78, 5) is 4.51. The van der Waals surface area contributed by atoms with Crippen molar-refractivity contribution in [3.8, 4) is 6.07 Å². The third-order valence-electron chi connectivity index (χ3n) is 4.66. The Morgan fingerprint density at radius 1 is 0.808 bits per heavy atom. The third-order valence-corrected chi connectivity index (χ3v) is 4.66. The molecule has 0 fully saturated rings. The Kier molecular flexibility index (Phi) is 9.22. The molecule has 2 aromatic carbocycles. The van der Waals surface area contributed by atoms with Gasteiger partial charge in [-0.2, -0.15) is 5.26 Å². The molecule has 0 heterocycles. The maximum atomic E-state index is 8.81. The summed E-state index contributed by atoms with van der Waals surface area (Å²) in [5.74, 6) is 0. The zero-order valence-corrected chi connectivity index (χ0v) is 16.0. The summed E-state index contributed by atoms with van der Waals surface area (Å²) in [5.41, 5.74) is 4.04. The summed E-state index contributed by atoms with van der Waals surface area (Å²) >= 11 is 0. The van der Waals surface area contributed by atoms with Gasteiger partial charge < -0.3 is 0 Å². The Bertz CT molecular complexity index is 690. The third kappa shape index (κ3) is 7.66. The van der Waals surface area contributed by atoms with Crippen LogP contribution in [0.5, 0.6) is 0 Å². The van der Waals surface area contributed by atoms with Crippen LogP contribution in [0.4, 0.5) is 5.69 Å². The minimum absolute atomic E-state index is 0.674. The molecule has 0 aromatic heterocycles. The highest BCUT2D eigenvalue weighted by molar-refractivity contribution is 5.82. The lowest BCUT2D eigenvalue weighted by molar-refractivity contribution is 0.575. The minimum Gasteiger partial charge on any atom is -0.256 e. The predicted octanol–water partition coefficient (Wildman–Crippen LogP) is 6.99. The minimum atomic E-state index is 0.674. The molecule has 0 amide bonds. The first-order chi connectivity index (χ1) is 12.8. The number of aliphatic imine (C=N–C) groups is 1. The Balaban J connectivity index is 1.69. The summed E-state index contributed by atoms with van der Waals surface area (Å²) in [6, 6.07) is 18.1. The predicted molar refractivity (Wildman–Crippen MR) is 111 cm³/mol. The standard InChI is InChI=1S/C24H30N2/c1-2-3-4-5-6-7-8-9-10-21-15-17-24(18-16-21)26-20-23-13-11-22(19-25)12-14-23/h11-18,20H,2-10H2,1H3/b26-20+. The average molecular weight is 347 g/mol. The molecule has 0 N–H and O–H groups in total. The lowest BCUT2D eigenvalue weighted by Crippen LogP contribution is -1.86. The highest BCUT2D eigenvalue weighted by Gasteiger charge is 1.96. The Morgan fingerprint density at radius 3 is 2.04 bits per heavy atom. The highest BCUT2D eigenvalue weighted by atomic mass is 14.7. The fourth-order valence-corrected chi connectivity index (χ4v) is 3.00. The van der Waals surface area contributed by atoms with Crippen LogP contribution in [-0.4, -0.2) is 6.21 Å². The summed E-state index contributed by atoms with van der Waals surface area (Å²) < 4.78 is 0. The fraction of sp³-hybridized carbons (Fsp3) is 0.417. The van der Waals surface area contributed by atoms with Crippen LogP contribution >= 0.6 is 0 Å². The van der Waals surface area contributed by atoms with E-state index in [1.165, 1.54) is 56.9 Å². The number of unbranched alkanes of at least 4 members (excludes halogenated alkanes) is 7. The maximum absolute atomic E-state index is 8.81. The fourth-order valence-electron chi connectivity index (χ4n) is 3.00. The summed E-state index contributed by atoms with van der Waals surface area (Å²) in [6.07, 6.45) is 13.9. The van der Waals surface area contributed by atoms with Gasteiger partial charge in [-0.3, -0.25) is 4.99 Å². The molecule has 0 unspecified atom stereocenters. The lowest BCUT2D eigenvalue weighted by Gasteiger charge is -2.03. The van der Waals surface area contributed by atoms with Crippen molar-refractivity contribution in [2.45, 2.75) is 64.7 Å². The molecular weight excluding hydrogens is 316 g/mol. The number of nitrogens with zero attached hydrogens (tertiary/aromatic N) is 2. The molecule has 2 heteroatoms. The zero-order chi connectivity index (χ0) is 18.5. The van der Waals surface area contributed by atoms with Crippen LogP contribution in [0, 0.1) is 11.3 Å². The van der Waals surface area contributed by atoms with Crippen LogP contribution in [-0.2, 0) is 6.42 Å². The van der Waals surface area contributed by atoms with E-state index in [0.29, 0.717) is 5.56 Å². The molecule has 0 aliphatic heterocycles. The van der Waals surface area contributed by atoms with Crippen LogP contribution in [0.15, 0.2) is 53.5 Å². The van der Waals surface area contributed by atoms with Gasteiger partial charge in [0.1, 0.15) is 0 Å². The van der Waals surface area contributed by atoms with Gasteiger partial charge in [0.05, 0.1) is 17.3 Å². The van der Waals surface area contributed by atoms with Gasteiger partial charge in [0.15, 0.2) is 0 Å². The van der Waals surface area contributed by atoms with Crippen molar-refractivity contribution in [1.82, 2.24) is 0 Å². The number of benzene rings is 2. The van der Waals surface area contributed by atoms with Gasteiger partial charge >= 0.3 is 0 Å². The molecule has 0 saturated heterocycles. The van der Waals surface area contributed by atoms with Crippen LogP contribution in [0.2, 0.25) is 0 Å². The summed E-state index contributed by atoms with van der Waals surface area (Å²) in [7, 11) is 0. The smallest absolute Gasteiger partial charge is 0.0991 e. The van der Waals surface area contributed by atoms with Crippen molar-refractivity contribution >= 4 is 11.9 Å². The Hall–Kier alpha value is -2.40. The molecule has 26 heavy (non-hydrogen) atoms. The quantitative estimate of drug-likeness (QED) is 0.319. The topological polar surface area (TPSA) is 36.1 Å². The van der Waals surface area contributed by atoms with Crippen molar-refractivity contribution in [3.05, 3.63) is 65.2 Å². The van der Waals surface area contributed by atoms with Gasteiger partial charge in [-0.15, -0.1) is 0 Å². The number of hydrogen-bond acceptors (Lipinski definition) is 2. The monoisotopic (exact) mass is 346 g/mol. The van der Waals surface area contributed by atoms with Gasteiger partial charge in [-0.05, 0) is 48.2 Å². The maximum Gasteiger partial charge on any atom is 0.0991 e. The van der Waals surface area contributed by atoms with E-state index in [4.69, 9.17) is 5.26 Å². The molecule has 0 spiro atoms. The molecular formula is C24H30N2. The summed E-state index contributed by atoms with van der Waals surface area (Å²) in [5, 5.41) is 8.81. The van der Waals surface area contributed by atoms with E-state index in [1.54, 1.807) is 0 Å². The van der Waals surface area contributed by atoms with E-state index < -0.39 is 0 Å². The van der Waals surface area contributed by atoms with E-state index in [2.05, 4.69) is 42.3 Å². The molecule has 0 saturated carbocycles. The molecule has 136 valence electrons. The Morgan fingerprint density at radius 2 is 1.42 bits per heavy atom.